The maximum atomic E-state index is 11.1. The Morgan fingerprint density at radius 2 is 2.13 bits per heavy atom. The predicted molar refractivity (Wildman–Crippen MR) is 53.7 cm³/mol. The summed E-state index contributed by atoms with van der Waals surface area (Å²) in [7, 11) is 0. The van der Waals surface area contributed by atoms with Gasteiger partial charge >= 0.3 is 12.0 Å². The first-order chi connectivity index (χ1) is 6.97. The first-order valence-electron chi connectivity index (χ1n) is 4.56. The highest BCUT2D eigenvalue weighted by Crippen LogP contribution is 1.94. The Morgan fingerprint density at radius 1 is 1.53 bits per heavy atom. The van der Waals surface area contributed by atoms with Crippen molar-refractivity contribution in [2.24, 2.45) is 0 Å². The number of carbonyl (C=O) groups is 2. The van der Waals surface area contributed by atoms with Crippen LogP contribution in [0.5, 0.6) is 0 Å². The number of hydrogen-bond acceptors (Lipinski definition) is 4. The first-order valence-corrected chi connectivity index (χ1v) is 4.56. The van der Waals surface area contributed by atoms with E-state index >= 15 is 0 Å². The van der Waals surface area contributed by atoms with Crippen LogP contribution in [0, 0.1) is 0 Å². The zero-order chi connectivity index (χ0) is 11.8. The van der Waals surface area contributed by atoms with Gasteiger partial charge in [0.25, 0.3) is 0 Å². The first kappa shape index (κ1) is 13.4. The summed E-state index contributed by atoms with van der Waals surface area (Å²) in [5, 5.41) is 13.3. The van der Waals surface area contributed by atoms with Gasteiger partial charge in [0.15, 0.2) is 0 Å². The molecular weight excluding hydrogens is 200 g/mol. The molecule has 0 aliphatic carbocycles. The van der Waals surface area contributed by atoms with Crippen LogP contribution in [-0.4, -0.2) is 29.9 Å². The molecule has 15 heavy (non-hydrogen) atoms. The second-order valence-corrected chi connectivity index (χ2v) is 2.84. The molecule has 86 valence electrons. The third kappa shape index (κ3) is 6.50. The molecule has 1 unspecified atom stereocenters. The molecule has 0 fully saturated rings. The van der Waals surface area contributed by atoms with Crippen molar-refractivity contribution >= 4 is 12.0 Å². The molecule has 1 atom stereocenters. The van der Waals surface area contributed by atoms with Gasteiger partial charge < -0.3 is 20.5 Å². The summed E-state index contributed by atoms with van der Waals surface area (Å²) in [6.07, 6.45) is 0.275. The number of carbonyl (C=O) groups excluding carboxylic acids is 2. The molecule has 0 heterocycles. The van der Waals surface area contributed by atoms with Crippen LogP contribution in [-0.2, 0) is 9.53 Å². The van der Waals surface area contributed by atoms with Gasteiger partial charge in [-0.15, -0.1) is 0 Å². The second kappa shape index (κ2) is 6.83. The lowest BCUT2D eigenvalue weighted by molar-refractivity contribution is -0.138. The molecule has 2 amide bonds. The molecule has 6 heteroatoms. The van der Waals surface area contributed by atoms with E-state index in [1.165, 1.54) is 20.0 Å². The lowest BCUT2D eigenvalue weighted by Gasteiger charge is -2.07. The molecular formula is C9H16N2O4. The molecule has 6 nitrogen and oxygen atoms in total. The molecule has 0 spiro atoms. The van der Waals surface area contributed by atoms with Crippen LogP contribution in [0.4, 0.5) is 4.79 Å². The summed E-state index contributed by atoms with van der Waals surface area (Å²) in [6.45, 7) is 4.89. The van der Waals surface area contributed by atoms with Crippen molar-refractivity contribution in [3.05, 3.63) is 11.8 Å². The lowest BCUT2D eigenvalue weighted by Crippen LogP contribution is -2.38. The molecule has 0 rings (SSSR count). The number of esters is 1. The highest BCUT2D eigenvalue weighted by Gasteiger charge is 2.05. The number of aliphatic hydroxyl groups is 1. The van der Waals surface area contributed by atoms with Crippen LogP contribution in [0.3, 0.4) is 0 Å². The van der Waals surface area contributed by atoms with Crippen molar-refractivity contribution in [1.29, 1.82) is 0 Å². The number of rotatable bonds is 4. The average molecular weight is 216 g/mol. The zero-order valence-electron chi connectivity index (χ0n) is 9.03. The molecule has 0 aromatic rings. The Bertz CT molecular complexity index is 261. The summed E-state index contributed by atoms with van der Waals surface area (Å²) in [5.74, 6) is -0.491. The number of ether oxygens (including phenoxy) is 1. The van der Waals surface area contributed by atoms with Gasteiger partial charge in [-0.25, -0.2) is 9.59 Å². The van der Waals surface area contributed by atoms with Crippen LogP contribution < -0.4 is 10.6 Å². The number of hydrogen-bond donors (Lipinski definition) is 3. The minimum atomic E-state index is -0.943. The van der Waals surface area contributed by atoms with Gasteiger partial charge in [-0.2, -0.15) is 0 Å². The molecule has 0 bridgehead atoms. The van der Waals surface area contributed by atoms with E-state index in [4.69, 9.17) is 5.11 Å². The van der Waals surface area contributed by atoms with Gasteiger partial charge in [-0.3, -0.25) is 0 Å². The Morgan fingerprint density at radius 3 is 2.60 bits per heavy atom. The van der Waals surface area contributed by atoms with Crippen LogP contribution in [0.25, 0.3) is 0 Å². The Labute approximate surface area is 88.3 Å². The summed E-state index contributed by atoms with van der Waals surface area (Å²) in [5.41, 5.74) is 0.276. The van der Waals surface area contributed by atoms with Crippen molar-refractivity contribution in [3.8, 4) is 0 Å². The number of amides is 2. The third-order valence-electron chi connectivity index (χ3n) is 1.36. The minimum Gasteiger partial charge on any atom is -0.463 e. The second-order valence-electron chi connectivity index (χ2n) is 2.84. The Balaban J connectivity index is 4.04. The van der Waals surface area contributed by atoms with Crippen molar-refractivity contribution in [1.82, 2.24) is 10.6 Å². The molecule has 0 radical (unpaired) electrons. The quantitative estimate of drug-likeness (QED) is 0.353. The van der Waals surface area contributed by atoms with Crippen LogP contribution in [0.15, 0.2) is 11.8 Å². The predicted octanol–water partition coefficient (Wildman–Crippen LogP) is 0.0908. The van der Waals surface area contributed by atoms with Gasteiger partial charge in [0.2, 0.25) is 0 Å². The molecule has 3 N–H and O–H groups in total. The SMILES string of the molecule is CCOC(=O)C(C)=CNC(=O)NC(C)O. The monoisotopic (exact) mass is 216 g/mol. The van der Waals surface area contributed by atoms with E-state index in [1.54, 1.807) is 6.92 Å². The summed E-state index contributed by atoms with van der Waals surface area (Å²) < 4.78 is 4.69. The third-order valence-corrected chi connectivity index (χ3v) is 1.36. The highest BCUT2D eigenvalue weighted by atomic mass is 16.5. The minimum absolute atomic E-state index is 0.276. The molecule has 0 aromatic heterocycles. The fraction of sp³-hybridized carbons (Fsp3) is 0.556. The maximum absolute atomic E-state index is 11.1. The van der Waals surface area contributed by atoms with Gasteiger partial charge in [-0.1, -0.05) is 0 Å². The molecule has 0 saturated heterocycles. The topological polar surface area (TPSA) is 87.7 Å². The average Bonchev–Trinajstić information content (AvgIpc) is 2.13. The Kier molecular flexibility index (Phi) is 6.12. The van der Waals surface area contributed by atoms with E-state index in [0.29, 0.717) is 0 Å². The number of urea groups is 1. The summed E-state index contributed by atoms with van der Waals surface area (Å²) >= 11 is 0. The van der Waals surface area contributed by atoms with Crippen molar-refractivity contribution in [2.45, 2.75) is 27.0 Å². The fourth-order valence-electron chi connectivity index (χ4n) is 0.709. The van der Waals surface area contributed by atoms with Crippen molar-refractivity contribution in [3.63, 3.8) is 0 Å². The van der Waals surface area contributed by atoms with Crippen molar-refractivity contribution < 1.29 is 19.4 Å². The molecule has 0 aromatic carbocycles. The van der Waals surface area contributed by atoms with E-state index < -0.39 is 18.2 Å². The molecule has 0 saturated carbocycles. The van der Waals surface area contributed by atoms with Gasteiger partial charge in [0.1, 0.15) is 6.23 Å². The van der Waals surface area contributed by atoms with E-state index in [-0.39, 0.29) is 12.2 Å². The van der Waals surface area contributed by atoms with Crippen molar-refractivity contribution in [2.75, 3.05) is 6.61 Å². The zero-order valence-corrected chi connectivity index (χ0v) is 9.03. The summed E-state index contributed by atoms with van der Waals surface area (Å²) in [4.78, 5) is 22.0. The molecule has 0 aliphatic heterocycles. The number of nitrogens with one attached hydrogen (secondary N) is 2. The Hall–Kier alpha value is -1.56. The highest BCUT2D eigenvalue weighted by molar-refractivity contribution is 5.88. The van der Waals surface area contributed by atoms with Gasteiger partial charge in [0.05, 0.1) is 12.2 Å². The van der Waals surface area contributed by atoms with Crippen LogP contribution in [0.2, 0.25) is 0 Å². The van der Waals surface area contributed by atoms with E-state index in [9.17, 15) is 9.59 Å². The maximum Gasteiger partial charge on any atom is 0.335 e. The normalized spacial score (nSPS) is 12.9. The fourth-order valence-corrected chi connectivity index (χ4v) is 0.709. The van der Waals surface area contributed by atoms with Gasteiger partial charge in [-0.05, 0) is 20.8 Å². The van der Waals surface area contributed by atoms with Crippen LogP contribution >= 0.6 is 0 Å². The molecule has 0 aliphatic rings. The lowest BCUT2D eigenvalue weighted by atomic mass is 10.3. The number of aliphatic hydroxyl groups excluding tert-OH is 1. The standard InChI is InChI=1S/C9H16N2O4/c1-4-15-8(13)6(2)5-10-9(14)11-7(3)12/h5,7,12H,4H2,1-3H3,(H2,10,11,14). The smallest absolute Gasteiger partial charge is 0.335 e. The largest absolute Gasteiger partial charge is 0.463 e. The summed E-state index contributed by atoms with van der Waals surface area (Å²) in [6, 6.07) is -0.589. The van der Waals surface area contributed by atoms with Crippen LogP contribution in [0.1, 0.15) is 20.8 Å². The van der Waals surface area contributed by atoms with E-state index in [1.807, 2.05) is 0 Å². The van der Waals surface area contributed by atoms with E-state index in [0.717, 1.165) is 0 Å². The van der Waals surface area contributed by atoms with Gasteiger partial charge in [0, 0.05) is 6.20 Å². The van der Waals surface area contributed by atoms with E-state index in [2.05, 4.69) is 15.4 Å².